The fourth-order valence-electron chi connectivity index (χ4n) is 2.36. The van der Waals surface area contributed by atoms with E-state index in [2.05, 4.69) is 15.6 Å². The molecule has 0 aliphatic heterocycles. The maximum Gasteiger partial charge on any atom is 0.191 e. The predicted molar refractivity (Wildman–Crippen MR) is 119 cm³/mol. The Kier molecular flexibility index (Phi) is 11.6. The highest BCUT2D eigenvalue weighted by Crippen LogP contribution is 2.17. The maximum atomic E-state index is 5.96. The van der Waals surface area contributed by atoms with Gasteiger partial charge >= 0.3 is 0 Å². The zero-order chi connectivity index (χ0) is 18.6. The minimum absolute atomic E-state index is 0. The third-order valence-electron chi connectivity index (χ3n) is 3.78. The van der Waals surface area contributed by atoms with Gasteiger partial charge in [-0.3, -0.25) is 4.99 Å². The topological polar surface area (TPSA) is 68.0 Å². The molecular weight excluding hydrogens is 457 g/mol. The Bertz CT molecular complexity index is 662. The summed E-state index contributed by atoms with van der Waals surface area (Å²) in [6, 6.07) is 11.8. The minimum Gasteiger partial charge on any atom is -0.489 e. The predicted octanol–water partition coefficient (Wildman–Crippen LogP) is 3.75. The molecule has 6 nitrogen and oxygen atoms in total. The number of hydrogen-bond donors (Lipinski definition) is 2. The highest BCUT2D eigenvalue weighted by atomic mass is 127. The number of rotatable bonds is 10. The quantitative estimate of drug-likeness (QED) is 0.231. The van der Waals surface area contributed by atoms with Gasteiger partial charge in [0.2, 0.25) is 0 Å². The molecule has 0 spiro atoms. The molecule has 1 unspecified atom stereocenters. The van der Waals surface area contributed by atoms with Gasteiger partial charge < -0.3 is 24.5 Å². The summed E-state index contributed by atoms with van der Waals surface area (Å²) in [7, 11) is 1.76. The molecule has 0 radical (unpaired) electrons. The van der Waals surface area contributed by atoms with Crippen LogP contribution in [-0.2, 0) is 11.3 Å². The lowest BCUT2D eigenvalue weighted by atomic mass is 10.2. The van der Waals surface area contributed by atoms with Crippen LogP contribution < -0.4 is 15.4 Å². The fourth-order valence-corrected chi connectivity index (χ4v) is 2.36. The van der Waals surface area contributed by atoms with Gasteiger partial charge in [0.1, 0.15) is 24.2 Å². The highest BCUT2D eigenvalue weighted by molar-refractivity contribution is 14.0. The molecule has 2 rings (SSSR count). The van der Waals surface area contributed by atoms with Crippen molar-refractivity contribution in [2.45, 2.75) is 33.0 Å². The van der Waals surface area contributed by atoms with Crippen molar-refractivity contribution < 1.29 is 13.9 Å². The zero-order valence-corrected chi connectivity index (χ0v) is 18.6. The summed E-state index contributed by atoms with van der Waals surface area (Å²) in [6.07, 6.45) is 2.57. The van der Waals surface area contributed by atoms with Gasteiger partial charge in [-0.15, -0.1) is 24.0 Å². The Morgan fingerprint density at radius 2 is 2.00 bits per heavy atom. The molecule has 0 bridgehead atoms. The lowest BCUT2D eigenvalue weighted by Crippen LogP contribution is -2.42. The van der Waals surface area contributed by atoms with E-state index in [0.717, 1.165) is 36.0 Å². The van der Waals surface area contributed by atoms with E-state index >= 15 is 0 Å². The molecule has 0 aliphatic carbocycles. The van der Waals surface area contributed by atoms with Crippen LogP contribution in [0.25, 0.3) is 0 Å². The highest BCUT2D eigenvalue weighted by Gasteiger charge is 2.07. The number of guanidine groups is 1. The van der Waals surface area contributed by atoms with E-state index in [1.807, 2.05) is 50.2 Å². The van der Waals surface area contributed by atoms with Crippen LogP contribution >= 0.6 is 24.0 Å². The van der Waals surface area contributed by atoms with E-state index < -0.39 is 0 Å². The lowest BCUT2D eigenvalue weighted by molar-refractivity contribution is 0.105. The molecule has 1 heterocycles. The summed E-state index contributed by atoms with van der Waals surface area (Å²) in [4.78, 5) is 4.23. The summed E-state index contributed by atoms with van der Waals surface area (Å²) in [5, 5.41) is 6.55. The fraction of sp³-hybridized carbons (Fsp3) is 0.450. The van der Waals surface area contributed by atoms with Crippen LogP contribution in [0.1, 0.15) is 24.7 Å². The number of furan rings is 1. The second-order valence-corrected chi connectivity index (χ2v) is 6.06. The van der Waals surface area contributed by atoms with E-state index in [9.17, 15) is 0 Å². The average molecular weight is 487 g/mol. The Balaban J connectivity index is 0.00000364. The smallest absolute Gasteiger partial charge is 0.191 e. The van der Waals surface area contributed by atoms with Crippen LogP contribution in [0.4, 0.5) is 0 Å². The summed E-state index contributed by atoms with van der Waals surface area (Å²) in [5.74, 6) is 2.52. The first-order valence-corrected chi connectivity index (χ1v) is 8.96. The van der Waals surface area contributed by atoms with Gasteiger partial charge in [0.25, 0.3) is 0 Å². The molecule has 0 saturated heterocycles. The minimum atomic E-state index is 0. The van der Waals surface area contributed by atoms with Crippen molar-refractivity contribution in [3.05, 3.63) is 54.0 Å². The van der Waals surface area contributed by atoms with Crippen molar-refractivity contribution in [1.29, 1.82) is 0 Å². The van der Waals surface area contributed by atoms with Gasteiger partial charge in [0, 0.05) is 20.2 Å². The SMILES string of the molecule is CN=C(NCCCOCc1ccco1)NCC(C)Oc1ccccc1C.I. The Morgan fingerprint density at radius 3 is 2.70 bits per heavy atom. The van der Waals surface area contributed by atoms with Crippen molar-refractivity contribution in [1.82, 2.24) is 10.6 Å². The van der Waals surface area contributed by atoms with Gasteiger partial charge in [0.15, 0.2) is 5.96 Å². The third-order valence-corrected chi connectivity index (χ3v) is 3.78. The number of nitrogens with one attached hydrogen (secondary N) is 2. The summed E-state index contributed by atoms with van der Waals surface area (Å²) in [6.45, 7) is 6.71. The van der Waals surface area contributed by atoms with Gasteiger partial charge in [-0.2, -0.15) is 0 Å². The van der Waals surface area contributed by atoms with Gasteiger partial charge in [-0.05, 0) is 44.0 Å². The number of hydrogen-bond acceptors (Lipinski definition) is 4. The van der Waals surface area contributed by atoms with E-state index in [1.165, 1.54) is 0 Å². The molecule has 27 heavy (non-hydrogen) atoms. The van der Waals surface area contributed by atoms with Gasteiger partial charge in [-0.25, -0.2) is 0 Å². The van der Waals surface area contributed by atoms with E-state index in [-0.39, 0.29) is 30.1 Å². The first-order valence-electron chi connectivity index (χ1n) is 8.96. The molecular formula is C20H30IN3O3. The van der Waals surface area contributed by atoms with Crippen molar-refractivity contribution in [2.24, 2.45) is 4.99 Å². The van der Waals surface area contributed by atoms with Crippen LogP contribution in [-0.4, -0.2) is 38.8 Å². The largest absolute Gasteiger partial charge is 0.489 e. The van der Waals surface area contributed by atoms with E-state index in [0.29, 0.717) is 19.8 Å². The van der Waals surface area contributed by atoms with Crippen LogP contribution in [0.3, 0.4) is 0 Å². The first-order chi connectivity index (χ1) is 12.7. The standard InChI is InChI=1S/C20H29N3O3.HI/c1-16-8-4-5-10-19(16)26-17(2)14-23-20(21-3)22-11-7-12-24-15-18-9-6-13-25-18;/h4-6,8-10,13,17H,7,11-12,14-15H2,1-3H3,(H2,21,22,23);1H. The number of nitrogens with zero attached hydrogens (tertiary/aromatic N) is 1. The average Bonchev–Trinajstić information content (AvgIpc) is 3.16. The molecule has 1 aromatic heterocycles. The number of halogens is 1. The molecule has 2 N–H and O–H groups in total. The monoisotopic (exact) mass is 487 g/mol. The lowest BCUT2D eigenvalue weighted by Gasteiger charge is -2.18. The number of para-hydroxylation sites is 1. The van der Waals surface area contributed by atoms with Crippen molar-refractivity contribution >= 4 is 29.9 Å². The number of aliphatic imine (C=N–C) groups is 1. The van der Waals surface area contributed by atoms with Crippen LogP contribution in [0, 0.1) is 6.92 Å². The Morgan fingerprint density at radius 1 is 1.19 bits per heavy atom. The maximum absolute atomic E-state index is 5.96. The van der Waals surface area contributed by atoms with Gasteiger partial charge in [0.05, 0.1) is 12.8 Å². The summed E-state index contributed by atoms with van der Waals surface area (Å²) < 4.78 is 16.7. The molecule has 150 valence electrons. The van der Waals surface area contributed by atoms with E-state index in [4.69, 9.17) is 13.9 Å². The molecule has 0 amide bonds. The number of ether oxygens (including phenoxy) is 2. The zero-order valence-electron chi connectivity index (χ0n) is 16.2. The molecule has 2 aromatic rings. The van der Waals surface area contributed by atoms with Crippen LogP contribution in [0.2, 0.25) is 0 Å². The Labute approximate surface area is 178 Å². The number of benzene rings is 1. The molecule has 1 atom stereocenters. The number of aryl methyl sites for hydroxylation is 1. The first kappa shape index (κ1) is 23.3. The third kappa shape index (κ3) is 9.14. The molecule has 7 heteroatoms. The second-order valence-electron chi connectivity index (χ2n) is 6.06. The molecule has 1 aromatic carbocycles. The molecule has 0 aliphatic rings. The van der Waals surface area contributed by atoms with Crippen LogP contribution in [0.5, 0.6) is 5.75 Å². The van der Waals surface area contributed by atoms with Crippen LogP contribution in [0.15, 0.2) is 52.1 Å². The molecule has 0 fully saturated rings. The van der Waals surface area contributed by atoms with Crippen molar-refractivity contribution in [3.63, 3.8) is 0 Å². The Hall–Kier alpha value is -1.74. The molecule has 0 saturated carbocycles. The van der Waals surface area contributed by atoms with Gasteiger partial charge in [-0.1, -0.05) is 18.2 Å². The normalized spacial score (nSPS) is 12.2. The van der Waals surface area contributed by atoms with Crippen molar-refractivity contribution in [3.8, 4) is 5.75 Å². The summed E-state index contributed by atoms with van der Waals surface area (Å²) in [5.41, 5.74) is 1.14. The second kappa shape index (κ2) is 13.4. The van der Waals surface area contributed by atoms with E-state index in [1.54, 1.807) is 13.3 Å². The van der Waals surface area contributed by atoms with Crippen molar-refractivity contribution in [2.75, 3.05) is 26.7 Å². The summed E-state index contributed by atoms with van der Waals surface area (Å²) >= 11 is 0.